The molecule has 0 amide bonds. The first-order chi connectivity index (χ1) is 9.86. The van der Waals surface area contributed by atoms with Crippen LogP contribution in [0.2, 0.25) is 0 Å². The summed E-state index contributed by atoms with van der Waals surface area (Å²) in [6.45, 7) is 2.47. The molecular weight excluding hydrogens is 250 g/mol. The predicted molar refractivity (Wildman–Crippen MR) is 79.2 cm³/mol. The van der Waals surface area contributed by atoms with E-state index >= 15 is 0 Å². The maximum Gasteiger partial charge on any atom is 0.123 e. The summed E-state index contributed by atoms with van der Waals surface area (Å²) in [5, 5.41) is 3.46. The number of hydrogen-bond donors (Lipinski definition) is 1. The number of ether oxygens (including phenoxy) is 2. The molecule has 0 aliphatic carbocycles. The summed E-state index contributed by atoms with van der Waals surface area (Å²) < 4.78 is 10.9. The second-order valence-electron chi connectivity index (χ2n) is 4.96. The molecule has 1 heterocycles. The molecule has 2 aromatic rings. The predicted octanol–water partition coefficient (Wildman–Crippen LogP) is 2.92. The zero-order valence-corrected chi connectivity index (χ0v) is 11.7. The summed E-state index contributed by atoms with van der Waals surface area (Å²) >= 11 is 0. The lowest BCUT2D eigenvalue weighted by Crippen LogP contribution is -2.13. The standard InChI is InChI=1S/C17H19NO2/c1-19-16-5-3-2-4-15(16)12-18-11-13-6-7-17-14(10-13)8-9-20-17/h2-7,10,18H,8-9,11-12H2,1H3. The Balaban J connectivity index is 1.60. The SMILES string of the molecule is COc1ccccc1CNCc1ccc2c(c1)CCO2. The Morgan fingerprint density at radius 2 is 2.05 bits per heavy atom. The highest BCUT2D eigenvalue weighted by Crippen LogP contribution is 2.25. The molecule has 0 fully saturated rings. The lowest BCUT2D eigenvalue weighted by Gasteiger charge is -2.10. The van der Waals surface area contributed by atoms with Crippen molar-refractivity contribution in [1.82, 2.24) is 5.32 Å². The monoisotopic (exact) mass is 269 g/mol. The van der Waals surface area contributed by atoms with Gasteiger partial charge in [0.15, 0.2) is 0 Å². The Bertz CT molecular complexity index is 595. The first-order valence-corrected chi connectivity index (χ1v) is 6.94. The smallest absolute Gasteiger partial charge is 0.123 e. The van der Waals surface area contributed by atoms with Gasteiger partial charge in [0.25, 0.3) is 0 Å². The van der Waals surface area contributed by atoms with E-state index in [9.17, 15) is 0 Å². The minimum atomic E-state index is 0.803. The second kappa shape index (κ2) is 5.97. The van der Waals surface area contributed by atoms with Crippen LogP contribution in [-0.4, -0.2) is 13.7 Å². The zero-order valence-electron chi connectivity index (χ0n) is 11.7. The van der Waals surface area contributed by atoms with E-state index in [-0.39, 0.29) is 0 Å². The van der Waals surface area contributed by atoms with Crippen molar-refractivity contribution in [2.24, 2.45) is 0 Å². The fraction of sp³-hybridized carbons (Fsp3) is 0.294. The number of benzene rings is 2. The van der Waals surface area contributed by atoms with Crippen LogP contribution in [0.15, 0.2) is 42.5 Å². The number of para-hydroxylation sites is 1. The normalized spacial score (nSPS) is 12.8. The van der Waals surface area contributed by atoms with Gasteiger partial charge >= 0.3 is 0 Å². The van der Waals surface area contributed by atoms with Gasteiger partial charge in [0.2, 0.25) is 0 Å². The molecule has 3 rings (SSSR count). The fourth-order valence-electron chi connectivity index (χ4n) is 2.54. The molecule has 0 saturated heterocycles. The summed E-state index contributed by atoms with van der Waals surface area (Å²) in [6, 6.07) is 14.5. The molecule has 0 radical (unpaired) electrons. The Labute approximate surface area is 119 Å². The molecule has 1 aliphatic heterocycles. The van der Waals surface area contributed by atoms with Crippen molar-refractivity contribution in [1.29, 1.82) is 0 Å². The Hall–Kier alpha value is -2.00. The van der Waals surface area contributed by atoms with Gasteiger partial charge in [-0.1, -0.05) is 30.3 Å². The van der Waals surface area contributed by atoms with Gasteiger partial charge in [0.05, 0.1) is 13.7 Å². The van der Waals surface area contributed by atoms with Crippen LogP contribution in [0.1, 0.15) is 16.7 Å². The third-order valence-electron chi connectivity index (χ3n) is 3.59. The van der Waals surface area contributed by atoms with Crippen LogP contribution in [-0.2, 0) is 19.5 Å². The van der Waals surface area contributed by atoms with E-state index in [0.29, 0.717) is 0 Å². The van der Waals surface area contributed by atoms with Gasteiger partial charge in [-0.25, -0.2) is 0 Å². The Kier molecular flexibility index (Phi) is 3.88. The summed E-state index contributed by atoms with van der Waals surface area (Å²) in [7, 11) is 1.71. The molecule has 0 atom stereocenters. The highest BCUT2D eigenvalue weighted by Gasteiger charge is 2.11. The first kappa shape index (κ1) is 13.0. The van der Waals surface area contributed by atoms with E-state index in [1.807, 2.05) is 18.2 Å². The van der Waals surface area contributed by atoms with E-state index in [4.69, 9.17) is 9.47 Å². The molecule has 104 valence electrons. The van der Waals surface area contributed by atoms with Crippen molar-refractivity contribution < 1.29 is 9.47 Å². The Morgan fingerprint density at radius 1 is 1.15 bits per heavy atom. The van der Waals surface area contributed by atoms with Crippen molar-refractivity contribution in [3.63, 3.8) is 0 Å². The van der Waals surface area contributed by atoms with Crippen LogP contribution in [0, 0.1) is 0 Å². The molecule has 20 heavy (non-hydrogen) atoms. The van der Waals surface area contributed by atoms with Crippen LogP contribution in [0.4, 0.5) is 0 Å². The maximum absolute atomic E-state index is 5.52. The Morgan fingerprint density at radius 3 is 2.95 bits per heavy atom. The van der Waals surface area contributed by atoms with Crippen LogP contribution in [0.5, 0.6) is 11.5 Å². The lowest BCUT2D eigenvalue weighted by atomic mass is 10.1. The van der Waals surface area contributed by atoms with Crippen molar-refractivity contribution in [3.8, 4) is 11.5 Å². The van der Waals surface area contributed by atoms with Crippen LogP contribution >= 0.6 is 0 Å². The van der Waals surface area contributed by atoms with Crippen LogP contribution in [0.3, 0.4) is 0 Å². The number of nitrogens with one attached hydrogen (secondary N) is 1. The molecule has 0 saturated carbocycles. The molecule has 0 spiro atoms. The third kappa shape index (κ3) is 2.78. The van der Waals surface area contributed by atoms with Gasteiger partial charge in [-0.05, 0) is 23.3 Å². The number of hydrogen-bond acceptors (Lipinski definition) is 3. The largest absolute Gasteiger partial charge is 0.496 e. The van der Waals surface area contributed by atoms with Crippen molar-refractivity contribution in [2.45, 2.75) is 19.5 Å². The number of fused-ring (bicyclic) bond motifs is 1. The molecule has 3 heteroatoms. The fourth-order valence-corrected chi connectivity index (χ4v) is 2.54. The van der Waals surface area contributed by atoms with E-state index in [1.54, 1.807) is 7.11 Å². The van der Waals surface area contributed by atoms with Gasteiger partial charge in [-0.15, -0.1) is 0 Å². The quantitative estimate of drug-likeness (QED) is 0.905. The average Bonchev–Trinajstić information content (AvgIpc) is 2.95. The van der Waals surface area contributed by atoms with E-state index in [1.165, 1.54) is 16.7 Å². The van der Waals surface area contributed by atoms with Gasteiger partial charge in [-0.2, -0.15) is 0 Å². The van der Waals surface area contributed by atoms with Gasteiger partial charge in [0.1, 0.15) is 11.5 Å². The lowest BCUT2D eigenvalue weighted by molar-refractivity contribution is 0.357. The van der Waals surface area contributed by atoms with Crippen molar-refractivity contribution in [3.05, 3.63) is 59.2 Å². The van der Waals surface area contributed by atoms with Gasteiger partial charge in [0, 0.05) is 25.1 Å². The maximum atomic E-state index is 5.52. The number of rotatable bonds is 5. The first-order valence-electron chi connectivity index (χ1n) is 6.94. The van der Waals surface area contributed by atoms with E-state index in [0.717, 1.165) is 37.6 Å². The van der Waals surface area contributed by atoms with Crippen molar-refractivity contribution >= 4 is 0 Å². The second-order valence-corrected chi connectivity index (χ2v) is 4.96. The average molecular weight is 269 g/mol. The molecular formula is C17H19NO2. The molecule has 0 unspecified atom stereocenters. The molecule has 3 nitrogen and oxygen atoms in total. The highest BCUT2D eigenvalue weighted by molar-refractivity contribution is 5.40. The molecule has 2 aromatic carbocycles. The molecule has 0 bridgehead atoms. The third-order valence-corrected chi connectivity index (χ3v) is 3.59. The molecule has 0 aromatic heterocycles. The molecule has 1 aliphatic rings. The summed E-state index contributed by atoms with van der Waals surface area (Å²) in [4.78, 5) is 0. The van der Waals surface area contributed by atoms with Crippen LogP contribution < -0.4 is 14.8 Å². The van der Waals surface area contributed by atoms with Gasteiger partial charge < -0.3 is 14.8 Å². The number of methoxy groups -OCH3 is 1. The van der Waals surface area contributed by atoms with Gasteiger partial charge in [-0.3, -0.25) is 0 Å². The summed E-state index contributed by atoms with van der Waals surface area (Å²) in [6.07, 6.45) is 1.02. The summed E-state index contributed by atoms with van der Waals surface area (Å²) in [5.74, 6) is 1.97. The minimum Gasteiger partial charge on any atom is -0.496 e. The van der Waals surface area contributed by atoms with Crippen molar-refractivity contribution in [2.75, 3.05) is 13.7 Å². The highest BCUT2D eigenvalue weighted by atomic mass is 16.5. The molecule has 1 N–H and O–H groups in total. The topological polar surface area (TPSA) is 30.5 Å². The summed E-state index contributed by atoms with van der Waals surface area (Å²) in [5.41, 5.74) is 3.80. The van der Waals surface area contributed by atoms with E-state index in [2.05, 4.69) is 29.6 Å². The van der Waals surface area contributed by atoms with E-state index < -0.39 is 0 Å². The minimum absolute atomic E-state index is 0.803. The zero-order chi connectivity index (χ0) is 13.8. The van der Waals surface area contributed by atoms with Crippen LogP contribution in [0.25, 0.3) is 0 Å².